The van der Waals surface area contributed by atoms with Crippen LogP contribution in [-0.4, -0.2) is 48.8 Å². The number of amides is 1. The Morgan fingerprint density at radius 3 is 2.15 bits per heavy atom. The molecule has 0 aromatic carbocycles. The van der Waals surface area contributed by atoms with Crippen molar-refractivity contribution in [3.8, 4) is 5.88 Å². The van der Waals surface area contributed by atoms with Crippen LogP contribution in [0.2, 0.25) is 0 Å². The second kappa shape index (κ2) is 9.78. The van der Waals surface area contributed by atoms with Gasteiger partial charge in [-0.05, 0) is 62.5 Å². The molecule has 34 heavy (non-hydrogen) atoms. The van der Waals surface area contributed by atoms with Crippen LogP contribution in [0.4, 0.5) is 0 Å². The lowest BCUT2D eigenvalue weighted by molar-refractivity contribution is -0.138. The quantitative estimate of drug-likeness (QED) is 0.380. The van der Waals surface area contributed by atoms with Crippen molar-refractivity contribution < 1.29 is 29.7 Å². The van der Waals surface area contributed by atoms with E-state index in [1.165, 1.54) is 0 Å². The lowest BCUT2D eigenvalue weighted by Gasteiger charge is -2.01. The number of hydrogen-bond donors (Lipinski definition) is 5. The van der Waals surface area contributed by atoms with E-state index in [1.54, 1.807) is 32.1 Å². The summed E-state index contributed by atoms with van der Waals surface area (Å²) in [6.07, 6.45) is 5.33. The minimum absolute atomic E-state index is 0.0520. The zero-order chi connectivity index (χ0) is 25.2. The fourth-order valence-electron chi connectivity index (χ4n) is 4.03. The van der Waals surface area contributed by atoms with Gasteiger partial charge in [0.1, 0.15) is 0 Å². The Balaban J connectivity index is 2.20. The summed E-state index contributed by atoms with van der Waals surface area (Å²) in [7, 11) is 0. The molecule has 0 saturated carbocycles. The first kappa shape index (κ1) is 24.5. The summed E-state index contributed by atoms with van der Waals surface area (Å²) in [5.74, 6) is -2.27. The Morgan fingerprint density at radius 2 is 1.56 bits per heavy atom. The van der Waals surface area contributed by atoms with E-state index in [2.05, 4.69) is 21.5 Å². The Hall–Kier alpha value is -4.14. The van der Waals surface area contributed by atoms with E-state index >= 15 is 0 Å². The van der Waals surface area contributed by atoms with Crippen LogP contribution in [0.3, 0.4) is 0 Å². The highest BCUT2D eigenvalue weighted by molar-refractivity contribution is 6.32. The second-order valence-electron chi connectivity index (χ2n) is 8.17. The number of aliphatic carboxylic acids is 2. The predicted molar refractivity (Wildman–Crippen MR) is 127 cm³/mol. The van der Waals surface area contributed by atoms with Gasteiger partial charge in [-0.2, -0.15) is 0 Å². The van der Waals surface area contributed by atoms with Crippen molar-refractivity contribution in [1.82, 2.24) is 9.97 Å². The standard InChI is InChI=1S/C25H27N3O6/c1-5-15-13(3)24(33)27-19(15)10-18-12(2)16(6-8-22(29)30)20(26-18)11-21-17(7-9-23(31)32)14(4)25(34)28-21/h5,10-11,26,28,34H,1,6-9H2,2-4H3,(H,29,30)(H,31,32)/b18-10+,20-11-. The van der Waals surface area contributed by atoms with Crippen LogP contribution in [-0.2, 0) is 27.2 Å². The number of aromatic amines is 2. The molecule has 0 fully saturated rings. The minimum Gasteiger partial charge on any atom is -0.494 e. The number of nitrogens with zero attached hydrogens (tertiary/aromatic N) is 1. The molecule has 1 aliphatic rings. The molecule has 3 heterocycles. The topological polar surface area (TPSA) is 156 Å². The number of carboxylic acid groups (broad SMARTS) is 2. The molecule has 0 radical (unpaired) electrons. The summed E-state index contributed by atoms with van der Waals surface area (Å²) in [6, 6.07) is 0. The number of nitrogens with one attached hydrogen (secondary N) is 2. The van der Waals surface area contributed by atoms with Gasteiger partial charge in [-0.15, -0.1) is 0 Å². The lowest BCUT2D eigenvalue weighted by Crippen LogP contribution is -2.15. The summed E-state index contributed by atoms with van der Waals surface area (Å²) in [4.78, 5) is 44.6. The highest BCUT2D eigenvalue weighted by Gasteiger charge is 2.20. The molecule has 0 spiro atoms. The molecule has 0 aliphatic carbocycles. The average molecular weight is 466 g/mol. The van der Waals surface area contributed by atoms with E-state index in [0.717, 1.165) is 11.1 Å². The van der Waals surface area contributed by atoms with Gasteiger partial charge in [0, 0.05) is 45.9 Å². The molecule has 0 atom stereocenters. The van der Waals surface area contributed by atoms with Crippen LogP contribution >= 0.6 is 0 Å². The molecule has 1 amide bonds. The zero-order valence-corrected chi connectivity index (χ0v) is 19.3. The molecule has 2 aromatic heterocycles. The molecule has 9 heteroatoms. The molecule has 1 aliphatic heterocycles. The fraction of sp³-hybridized carbons (Fsp3) is 0.280. The maximum absolute atomic E-state index is 12.0. The molecular formula is C25H27N3O6. The number of carboxylic acids is 2. The molecule has 2 aromatic rings. The number of H-pyrrole nitrogens is 2. The number of carbonyl (C=O) groups is 3. The largest absolute Gasteiger partial charge is 0.494 e. The van der Waals surface area contributed by atoms with E-state index in [4.69, 9.17) is 5.11 Å². The van der Waals surface area contributed by atoms with Crippen molar-refractivity contribution in [2.45, 2.75) is 46.5 Å². The van der Waals surface area contributed by atoms with Gasteiger partial charge in [-0.3, -0.25) is 14.4 Å². The molecule has 9 nitrogen and oxygen atoms in total. The van der Waals surface area contributed by atoms with Gasteiger partial charge < -0.3 is 25.3 Å². The summed E-state index contributed by atoms with van der Waals surface area (Å²) in [5.41, 5.74) is 4.93. The third kappa shape index (κ3) is 4.93. The highest BCUT2D eigenvalue weighted by Crippen LogP contribution is 2.25. The molecule has 178 valence electrons. The summed E-state index contributed by atoms with van der Waals surface area (Å²) >= 11 is 0. The summed E-state index contributed by atoms with van der Waals surface area (Å²) in [5, 5.41) is 29.8. The number of aromatic hydroxyl groups is 1. The summed E-state index contributed by atoms with van der Waals surface area (Å²) in [6.45, 7) is 8.99. The van der Waals surface area contributed by atoms with Crippen LogP contribution in [0.5, 0.6) is 5.88 Å². The second-order valence-corrected chi connectivity index (χ2v) is 8.17. The van der Waals surface area contributed by atoms with E-state index in [1.807, 2.05) is 6.92 Å². The van der Waals surface area contributed by atoms with E-state index in [-0.39, 0.29) is 37.5 Å². The number of carbonyl (C=O) groups excluding carboxylic acids is 1. The molecular weight excluding hydrogens is 438 g/mol. The van der Waals surface area contributed by atoms with Gasteiger partial charge in [0.05, 0.1) is 5.71 Å². The first-order chi connectivity index (χ1) is 16.0. The van der Waals surface area contributed by atoms with Crippen molar-refractivity contribution in [2.75, 3.05) is 0 Å². The first-order valence-electron chi connectivity index (χ1n) is 10.7. The zero-order valence-electron chi connectivity index (χ0n) is 19.3. The van der Waals surface area contributed by atoms with Gasteiger partial charge in [0.2, 0.25) is 0 Å². The van der Waals surface area contributed by atoms with Gasteiger partial charge in [0.15, 0.2) is 5.88 Å². The van der Waals surface area contributed by atoms with Crippen LogP contribution < -0.4 is 10.7 Å². The van der Waals surface area contributed by atoms with E-state index in [0.29, 0.717) is 44.4 Å². The lowest BCUT2D eigenvalue weighted by atomic mass is 10.0. The number of aromatic nitrogens is 2. The van der Waals surface area contributed by atoms with Gasteiger partial charge >= 0.3 is 11.9 Å². The summed E-state index contributed by atoms with van der Waals surface area (Å²) < 4.78 is 0. The van der Waals surface area contributed by atoms with Crippen molar-refractivity contribution >= 4 is 35.7 Å². The number of allylic oxidation sites excluding steroid dienone is 2. The van der Waals surface area contributed by atoms with Gasteiger partial charge in [0.25, 0.3) is 5.91 Å². The Kier molecular flexibility index (Phi) is 7.05. The molecule has 0 unspecified atom stereocenters. The molecule has 0 bridgehead atoms. The maximum atomic E-state index is 12.0. The molecule has 0 saturated heterocycles. The van der Waals surface area contributed by atoms with Crippen LogP contribution in [0.1, 0.15) is 47.7 Å². The Morgan fingerprint density at radius 1 is 0.941 bits per heavy atom. The van der Waals surface area contributed by atoms with E-state index in [9.17, 15) is 24.6 Å². The average Bonchev–Trinajstić information content (AvgIpc) is 3.31. The normalized spacial score (nSPS) is 14.8. The highest BCUT2D eigenvalue weighted by atomic mass is 16.4. The number of hydrogen-bond acceptors (Lipinski definition) is 4. The Bertz CT molecular complexity index is 1380. The molecule has 3 rings (SSSR count). The van der Waals surface area contributed by atoms with Crippen molar-refractivity contribution in [3.63, 3.8) is 0 Å². The number of rotatable bonds is 9. The smallest absolute Gasteiger partial charge is 0.303 e. The predicted octanol–water partition coefficient (Wildman–Crippen LogP) is 1.79. The van der Waals surface area contributed by atoms with Crippen molar-refractivity contribution in [1.29, 1.82) is 0 Å². The SMILES string of the molecule is C=CC1=C(C)C(=O)N=C1/C=c1/[nH]/c(=C\c2[nH]c(O)c(C)c2CCC(=O)O)c(CCC(=O)O)c1C. The van der Waals surface area contributed by atoms with Crippen molar-refractivity contribution in [3.05, 3.63) is 62.4 Å². The third-order valence-electron chi connectivity index (χ3n) is 6.01. The third-order valence-corrected chi connectivity index (χ3v) is 6.01. The van der Waals surface area contributed by atoms with Crippen molar-refractivity contribution in [2.24, 2.45) is 4.99 Å². The van der Waals surface area contributed by atoms with Crippen LogP contribution in [0, 0.1) is 13.8 Å². The van der Waals surface area contributed by atoms with Gasteiger partial charge in [-0.1, -0.05) is 12.7 Å². The Labute approximate surface area is 195 Å². The van der Waals surface area contributed by atoms with Crippen LogP contribution in [0.25, 0.3) is 12.2 Å². The monoisotopic (exact) mass is 465 g/mol. The number of aliphatic imine (C=N–C) groups is 1. The first-order valence-corrected chi connectivity index (χ1v) is 10.7. The van der Waals surface area contributed by atoms with Crippen LogP contribution in [0.15, 0.2) is 28.8 Å². The minimum atomic E-state index is -0.950. The molecule has 5 N–H and O–H groups in total. The maximum Gasteiger partial charge on any atom is 0.303 e. The fourth-order valence-corrected chi connectivity index (χ4v) is 4.03. The van der Waals surface area contributed by atoms with Gasteiger partial charge in [-0.25, -0.2) is 4.99 Å². The van der Waals surface area contributed by atoms with E-state index < -0.39 is 11.9 Å².